The van der Waals surface area contributed by atoms with E-state index >= 15 is 0 Å². The molecule has 0 N–H and O–H groups in total. The van der Waals surface area contributed by atoms with Crippen LogP contribution in [0.1, 0.15) is 291 Å². The fraction of sp³-hybridized carbons (Fsp3) is 0.282. The van der Waals surface area contributed by atoms with Crippen LogP contribution in [0.3, 0.4) is 0 Å². The maximum absolute atomic E-state index is 5.71. The van der Waals surface area contributed by atoms with Crippen molar-refractivity contribution >= 4 is 101 Å². The summed E-state index contributed by atoms with van der Waals surface area (Å²) in [6.45, 7) is 47.5. The summed E-state index contributed by atoms with van der Waals surface area (Å²) in [4.78, 5) is 33.2. The van der Waals surface area contributed by atoms with Crippen molar-refractivity contribution in [1.82, 2.24) is 0 Å². The fourth-order valence-electron chi connectivity index (χ4n) is 18.6. The molecule has 0 radical (unpaired) electrons. The smallest absolute Gasteiger partial charge is 0.0979 e. The van der Waals surface area contributed by atoms with Gasteiger partial charge >= 0.3 is 0 Å². The maximum atomic E-state index is 5.71. The molecular weight excluding hydrogens is 1490 g/mol. The van der Waals surface area contributed by atoms with Gasteiger partial charge in [-0.05, 0) is 174 Å². The first-order chi connectivity index (χ1) is 59.3. The first-order valence-corrected chi connectivity index (χ1v) is 45.2. The third-order valence-electron chi connectivity index (χ3n) is 25.9. The summed E-state index contributed by atoms with van der Waals surface area (Å²) in [6, 6.07) is 99.0. The van der Waals surface area contributed by atoms with Crippen LogP contribution in [-0.4, -0.2) is 34.3 Å². The molecule has 0 spiro atoms. The minimum Gasteiger partial charge on any atom is -0.246 e. The monoisotopic (exact) mass is 1610 g/mol. The number of aryl methyl sites for hydroxylation is 5. The van der Waals surface area contributed by atoms with E-state index in [0.717, 1.165) is 94.1 Å². The van der Waals surface area contributed by atoms with Crippen LogP contribution in [0, 0.1) is 6.92 Å². The molecule has 17 rings (SSSR count). The Hall–Kier alpha value is -12.1. The van der Waals surface area contributed by atoms with Gasteiger partial charge in [0.25, 0.3) is 0 Å². The van der Waals surface area contributed by atoms with Crippen molar-refractivity contribution in [3.63, 3.8) is 0 Å². The molecule has 6 heteroatoms. The van der Waals surface area contributed by atoms with Crippen molar-refractivity contribution in [1.29, 1.82) is 0 Å². The Morgan fingerprint density at radius 2 is 0.463 bits per heavy atom. The first kappa shape index (κ1) is 85.8. The Balaban J connectivity index is 0.000000147. The van der Waals surface area contributed by atoms with Crippen molar-refractivity contribution < 1.29 is 0 Å². The zero-order valence-electron chi connectivity index (χ0n) is 76.5. The van der Waals surface area contributed by atoms with Gasteiger partial charge in [0, 0.05) is 60.4 Å². The largest absolute Gasteiger partial charge is 0.246 e. The molecule has 3 aliphatic rings. The SMILES string of the molecule is CC(C)c1ccccc1N=C1C(=Nc2c(C(C)C)cccc2C(C)C)c2cccc3cccc1c23.CCc1cc(C(C)(C)c2ccccc2)cc(CC)c1N=C1C(=Nc2c(CC)cc(C(C)(C)c3ccccc3)cc2CC)c2cccc3cccc1c23.Cc1cccc(C(C)C)c1N=C1C(=Nc2c(C(C)C)cccc2C(C)C)c2cccc3cccc1c23. The zero-order chi connectivity index (χ0) is 86.9. The van der Waals surface area contributed by atoms with E-state index in [0.29, 0.717) is 35.5 Å². The summed E-state index contributed by atoms with van der Waals surface area (Å²) in [6.07, 6.45) is 3.61. The van der Waals surface area contributed by atoms with Gasteiger partial charge in [-0.15, -0.1) is 0 Å². The average molecular weight is 1610 g/mol. The molecule has 0 fully saturated rings. The van der Waals surface area contributed by atoms with Crippen LogP contribution in [0.15, 0.2) is 303 Å². The number of rotatable bonds is 20. The molecule has 14 aromatic rings. The highest BCUT2D eigenvalue weighted by atomic mass is 14.9. The van der Waals surface area contributed by atoms with Gasteiger partial charge in [0.2, 0.25) is 0 Å². The average Bonchev–Trinajstić information content (AvgIpc) is 1.60. The maximum Gasteiger partial charge on any atom is 0.0979 e. The fourth-order valence-corrected chi connectivity index (χ4v) is 18.6. The van der Waals surface area contributed by atoms with Crippen LogP contribution in [0.2, 0.25) is 0 Å². The predicted molar refractivity (Wildman–Crippen MR) is 532 cm³/mol. The van der Waals surface area contributed by atoms with Gasteiger partial charge in [-0.1, -0.05) is 405 Å². The third-order valence-corrected chi connectivity index (χ3v) is 25.9. The minimum atomic E-state index is -0.128. The number of nitrogens with zero attached hydrogens (tertiary/aromatic N) is 6. The number of hydrogen-bond acceptors (Lipinski definition) is 6. The van der Waals surface area contributed by atoms with Gasteiger partial charge in [-0.25, -0.2) is 30.0 Å². The van der Waals surface area contributed by atoms with E-state index in [9.17, 15) is 0 Å². The van der Waals surface area contributed by atoms with E-state index in [1.165, 1.54) is 149 Å². The van der Waals surface area contributed by atoms with Crippen molar-refractivity contribution in [3.8, 4) is 0 Å². The van der Waals surface area contributed by atoms with Gasteiger partial charge in [0.1, 0.15) is 0 Å². The van der Waals surface area contributed by atoms with Crippen LogP contribution in [0.25, 0.3) is 32.3 Å². The molecule has 6 nitrogen and oxygen atoms in total. The first-order valence-electron chi connectivity index (χ1n) is 45.2. The lowest BCUT2D eigenvalue weighted by atomic mass is 9.76. The van der Waals surface area contributed by atoms with Crippen molar-refractivity contribution in [2.45, 2.75) is 217 Å². The lowest BCUT2D eigenvalue weighted by Gasteiger charge is -2.28. The van der Waals surface area contributed by atoms with E-state index < -0.39 is 0 Å². The van der Waals surface area contributed by atoms with Crippen molar-refractivity contribution in [2.24, 2.45) is 30.0 Å². The van der Waals surface area contributed by atoms with E-state index in [4.69, 9.17) is 30.0 Å². The molecule has 3 aliphatic carbocycles. The van der Waals surface area contributed by atoms with Crippen molar-refractivity contribution in [3.05, 3.63) is 390 Å². The van der Waals surface area contributed by atoms with Gasteiger partial charge in [0.15, 0.2) is 0 Å². The highest BCUT2D eigenvalue weighted by molar-refractivity contribution is 6.63. The molecule has 0 aliphatic heterocycles. The summed E-state index contributed by atoms with van der Waals surface area (Å²) in [7, 11) is 0. The predicted octanol–water partition coefficient (Wildman–Crippen LogP) is 32.2. The zero-order valence-corrected chi connectivity index (χ0v) is 76.5. The standard InChI is InChI=1S/C50H52N2.C34H36N2.C33H34N2/c1-9-33-29-40(49(5,6)38-23-15-13-16-24-38)30-34(10-2)45(33)51-47-42-27-19-21-37-22-20-28-43(44(37)42)48(47)52-46-35(11-3)31-41(32-36(46)12-4)50(7,8)39-25-17-14-18-26-39;1-20(2)25-15-8-12-23(7)31(25)35-33-28-18-9-13-24-14-10-19-29(30(24)28)34(33)36-32-26(21(3)4)16-11-17-27(32)22(5)6;1-20(2)24-14-7-8-19-29(24)34-32-27-17-9-12-23-13-10-18-28(30(23)27)33(32)35-31-25(21(3)4)15-11-16-26(31)22(5)6/h13-32H,9-12H2,1-8H3;8-22H,1-7H3;7-22H,1-6H3. The summed E-state index contributed by atoms with van der Waals surface area (Å²) in [5.41, 5.74) is 38.4. The Kier molecular flexibility index (Phi) is 25.2. The summed E-state index contributed by atoms with van der Waals surface area (Å²) in [5.74, 6) is 2.31. The Bertz CT molecular complexity index is 6270. The molecule has 14 aromatic carbocycles. The normalized spacial score (nSPS) is 15.0. The second kappa shape index (κ2) is 36.1. The second-order valence-corrected chi connectivity index (χ2v) is 36.6. The quantitative estimate of drug-likeness (QED) is 0.0729. The molecule has 123 heavy (non-hydrogen) atoms. The van der Waals surface area contributed by atoms with E-state index in [-0.39, 0.29) is 10.8 Å². The molecule has 0 aromatic heterocycles. The molecular formula is C117H122N6. The summed E-state index contributed by atoms with van der Waals surface area (Å²) < 4.78 is 0. The Morgan fingerprint density at radius 1 is 0.228 bits per heavy atom. The van der Waals surface area contributed by atoms with Gasteiger partial charge < -0.3 is 0 Å². The van der Waals surface area contributed by atoms with Crippen LogP contribution in [-0.2, 0) is 36.5 Å². The van der Waals surface area contributed by atoms with Gasteiger partial charge in [-0.2, -0.15) is 0 Å². The Labute approximate surface area is 733 Å². The molecule has 0 saturated heterocycles. The molecule has 0 heterocycles. The summed E-state index contributed by atoms with van der Waals surface area (Å²) in [5, 5.41) is 7.45. The van der Waals surface area contributed by atoms with Crippen LogP contribution < -0.4 is 0 Å². The number of benzene rings is 14. The molecule has 0 saturated carbocycles. The lowest BCUT2D eigenvalue weighted by molar-refractivity contribution is 0.638. The highest BCUT2D eigenvalue weighted by Crippen LogP contribution is 2.47. The molecule has 620 valence electrons. The van der Waals surface area contributed by atoms with Crippen LogP contribution in [0.5, 0.6) is 0 Å². The highest BCUT2D eigenvalue weighted by Gasteiger charge is 2.35. The Morgan fingerprint density at radius 3 is 0.756 bits per heavy atom. The van der Waals surface area contributed by atoms with Gasteiger partial charge in [-0.3, -0.25) is 0 Å². The minimum absolute atomic E-state index is 0.128. The third kappa shape index (κ3) is 16.7. The number of hydrogen-bond donors (Lipinski definition) is 0. The summed E-state index contributed by atoms with van der Waals surface area (Å²) >= 11 is 0. The number of para-hydroxylation sites is 4. The second-order valence-electron chi connectivity index (χ2n) is 36.6. The van der Waals surface area contributed by atoms with Crippen LogP contribution >= 0.6 is 0 Å². The molecule has 0 unspecified atom stereocenters. The van der Waals surface area contributed by atoms with Crippen LogP contribution in [0.4, 0.5) is 34.1 Å². The van der Waals surface area contributed by atoms with E-state index in [1.807, 2.05) is 0 Å². The van der Waals surface area contributed by atoms with E-state index in [2.05, 4.69) is 418 Å². The van der Waals surface area contributed by atoms with Crippen molar-refractivity contribution in [2.75, 3.05) is 0 Å². The molecule has 0 bridgehead atoms. The lowest BCUT2D eigenvalue weighted by Crippen LogP contribution is -2.20. The molecule has 0 atom stereocenters. The van der Waals surface area contributed by atoms with E-state index in [1.54, 1.807) is 0 Å². The van der Waals surface area contributed by atoms with Gasteiger partial charge in [0.05, 0.1) is 68.4 Å². The molecule has 0 amide bonds. The number of aliphatic imine (C=N–C) groups is 6. The topological polar surface area (TPSA) is 74.2 Å².